The number of tetrazole rings is 1. The molecule has 0 radical (unpaired) electrons. The summed E-state index contributed by atoms with van der Waals surface area (Å²) in [5.41, 5.74) is 0. The standard InChI is InChI=1S/C9H17N5OS/c1-15-6-4-10-5-7-16-9-11-12-13-14(9)8-2-3-8/h8,10H,2-7H2,1H3. The van der Waals surface area contributed by atoms with Gasteiger partial charge in [0.05, 0.1) is 12.6 Å². The van der Waals surface area contributed by atoms with Gasteiger partial charge < -0.3 is 10.1 Å². The van der Waals surface area contributed by atoms with Crippen LogP contribution in [0.3, 0.4) is 0 Å². The molecule has 6 nitrogen and oxygen atoms in total. The molecule has 0 amide bonds. The van der Waals surface area contributed by atoms with Gasteiger partial charge in [0.1, 0.15) is 0 Å². The Labute approximate surface area is 99.1 Å². The molecule has 2 rings (SSSR count). The molecule has 1 heterocycles. The Bertz CT molecular complexity index is 315. The maximum atomic E-state index is 4.95. The van der Waals surface area contributed by atoms with E-state index in [0.717, 1.165) is 30.6 Å². The van der Waals surface area contributed by atoms with Gasteiger partial charge in [-0.05, 0) is 23.3 Å². The molecule has 1 fully saturated rings. The van der Waals surface area contributed by atoms with Crippen LogP contribution in [-0.2, 0) is 4.74 Å². The molecule has 1 N–H and O–H groups in total. The number of ether oxygens (including phenoxy) is 1. The Morgan fingerprint density at radius 3 is 3.12 bits per heavy atom. The van der Waals surface area contributed by atoms with Crippen LogP contribution in [0.2, 0.25) is 0 Å². The van der Waals surface area contributed by atoms with Crippen molar-refractivity contribution in [2.45, 2.75) is 24.0 Å². The van der Waals surface area contributed by atoms with E-state index in [2.05, 4.69) is 20.8 Å². The minimum Gasteiger partial charge on any atom is -0.383 e. The van der Waals surface area contributed by atoms with E-state index in [1.54, 1.807) is 18.9 Å². The predicted molar refractivity (Wildman–Crippen MR) is 61.6 cm³/mol. The summed E-state index contributed by atoms with van der Waals surface area (Å²) in [4.78, 5) is 0. The number of nitrogens with zero attached hydrogens (tertiary/aromatic N) is 4. The molecule has 1 aliphatic carbocycles. The highest BCUT2D eigenvalue weighted by molar-refractivity contribution is 7.99. The summed E-state index contributed by atoms with van der Waals surface area (Å²) < 4.78 is 6.89. The van der Waals surface area contributed by atoms with Gasteiger partial charge >= 0.3 is 0 Å². The van der Waals surface area contributed by atoms with Crippen LogP contribution in [0, 0.1) is 0 Å². The van der Waals surface area contributed by atoms with E-state index >= 15 is 0 Å². The number of rotatable bonds is 8. The molecule has 1 saturated carbocycles. The lowest BCUT2D eigenvalue weighted by Crippen LogP contribution is -2.21. The van der Waals surface area contributed by atoms with Crippen molar-refractivity contribution in [3.63, 3.8) is 0 Å². The van der Waals surface area contributed by atoms with E-state index in [9.17, 15) is 0 Å². The molecule has 0 aliphatic heterocycles. The second kappa shape index (κ2) is 6.17. The summed E-state index contributed by atoms with van der Waals surface area (Å²) in [6.45, 7) is 2.60. The van der Waals surface area contributed by atoms with Crippen LogP contribution in [0.5, 0.6) is 0 Å². The smallest absolute Gasteiger partial charge is 0.209 e. The van der Waals surface area contributed by atoms with E-state index < -0.39 is 0 Å². The molecule has 0 bridgehead atoms. The van der Waals surface area contributed by atoms with Crippen molar-refractivity contribution in [3.05, 3.63) is 0 Å². The number of methoxy groups -OCH3 is 1. The van der Waals surface area contributed by atoms with Gasteiger partial charge in [0.2, 0.25) is 5.16 Å². The van der Waals surface area contributed by atoms with Gasteiger partial charge in [0.25, 0.3) is 0 Å². The molecule has 1 aromatic heterocycles. The van der Waals surface area contributed by atoms with Gasteiger partial charge in [-0.25, -0.2) is 4.68 Å². The molecule has 7 heteroatoms. The Hall–Kier alpha value is -0.660. The molecule has 0 unspecified atom stereocenters. The van der Waals surface area contributed by atoms with E-state index in [1.165, 1.54) is 12.8 Å². The van der Waals surface area contributed by atoms with Crippen LogP contribution >= 0.6 is 11.8 Å². The molecule has 1 aromatic rings. The van der Waals surface area contributed by atoms with Gasteiger partial charge in [-0.2, -0.15) is 0 Å². The molecule has 0 atom stereocenters. The summed E-state index contributed by atoms with van der Waals surface area (Å²) >= 11 is 1.70. The minimum atomic E-state index is 0.555. The fourth-order valence-corrected chi connectivity index (χ4v) is 2.18. The maximum Gasteiger partial charge on any atom is 0.209 e. The Kier molecular flexibility index (Phi) is 4.55. The van der Waals surface area contributed by atoms with Crippen LogP contribution in [0.25, 0.3) is 0 Å². The third kappa shape index (κ3) is 3.43. The van der Waals surface area contributed by atoms with Crippen LogP contribution in [0.15, 0.2) is 5.16 Å². The highest BCUT2D eigenvalue weighted by Crippen LogP contribution is 2.36. The zero-order valence-corrected chi connectivity index (χ0v) is 10.2. The van der Waals surface area contributed by atoms with Crippen molar-refractivity contribution < 1.29 is 4.74 Å². The number of nitrogens with one attached hydrogen (secondary N) is 1. The topological polar surface area (TPSA) is 64.9 Å². The fraction of sp³-hybridized carbons (Fsp3) is 0.889. The Morgan fingerprint density at radius 2 is 2.38 bits per heavy atom. The highest BCUT2D eigenvalue weighted by atomic mass is 32.2. The average molecular weight is 243 g/mol. The second-order valence-electron chi connectivity index (χ2n) is 3.73. The lowest BCUT2D eigenvalue weighted by molar-refractivity contribution is 0.200. The summed E-state index contributed by atoms with van der Waals surface area (Å²) in [7, 11) is 1.71. The minimum absolute atomic E-state index is 0.555. The van der Waals surface area contributed by atoms with Crippen molar-refractivity contribution in [2.24, 2.45) is 0 Å². The maximum absolute atomic E-state index is 4.95. The average Bonchev–Trinajstić information content (AvgIpc) is 3.04. The van der Waals surface area contributed by atoms with E-state index in [0.29, 0.717) is 6.04 Å². The second-order valence-corrected chi connectivity index (χ2v) is 4.79. The van der Waals surface area contributed by atoms with Crippen molar-refractivity contribution in [2.75, 3.05) is 32.6 Å². The Balaban J connectivity index is 1.63. The Morgan fingerprint density at radius 1 is 1.50 bits per heavy atom. The van der Waals surface area contributed by atoms with Crippen LogP contribution < -0.4 is 5.32 Å². The lowest BCUT2D eigenvalue weighted by Gasteiger charge is -2.03. The number of aromatic nitrogens is 4. The predicted octanol–water partition coefficient (Wildman–Crippen LogP) is 0.336. The number of hydrogen-bond acceptors (Lipinski definition) is 6. The SMILES string of the molecule is COCCNCCSc1nnnn1C1CC1. The van der Waals surface area contributed by atoms with Crippen molar-refractivity contribution >= 4 is 11.8 Å². The summed E-state index contributed by atoms with van der Waals surface area (Å²) in [5.74, 6) is 0.983. The van der Waals surface area contributed by atoms with Crippen molar-refractivity contribution in [1.82, 2.24) is 25.5 Å². The third-order valence-electron chi connectivity index (χ3n) is 2.35. The van der Waals surface area contributed by atoms with Gasteiger partial charge in [-0.1, -0.05) is 11.8 Å². The fourth-order valence-electron chi connectivity index (χ4n) is 1.34. The van der Waals surface area contributed by atoms with E-state index in [4.69, 9.17) is 4.74 Å². The van der Waals surface area contributed by atoms with Crippen molar-refractivity contribution in [3.8, 4) is 0 Å². The van der Waals surface area contributed by atoms with Crippen LogP contribution in [-0.4, -0.2) is 52.8 Å². The third-order valence-corrected chi connectivity index (χ3v) is 3.28. The number of thioether (sulfide) groups is 1. The van der Waals surface area contributed by atoms with E-state index in [-0.39, 0.29) is 0 Å². The lowest BCUT2D eigenvalue weighted by atomic mass is 10.6. The van der Waals surface area contributed by atoms with E-state index in [1.807, 2.05) is 4.68 Å². The summed E-state index contributed by atoms with van der Waals surface area (Å²) in [5, 5.41) is 16.0. The molecule has 0 spiro atoms. The van der Waals surface area contributed by atoms with Crippen molar-refractivity contribution in [1.29, 1.82) is 0 Å². The normalized spacial score (nSPS) is 15.6. The molecular weight excluding hydrogens is 226 g/mol. The van der Waals surface area contributed by atoms with Gasteiger partial charge in [0, 0.05) is 26.0 Å². The first-order valence-electron chi connectivity index (χ1n) is 5.52. The zero-order chi connectivity index (χ0) is 11.2. The molecular formula is C9H17N5OS. The molecule has 1 aliphatic rings. The zero-order valence-electron chi connectivity index (χ0n) is 9.43. The van der Waals surface area contributed by atoms with Gasteiger partial charge in [0.15, 0.2) is 0 Å². The first kappa shape index (κ1) is 11.8. The first-order valence-corrected chi connectivity index (χ1v) is 6.50. The molecule has 0 aromatic carbocycles. The van der Waals surface area contributed by atoms with Crippen LogP contribution in [0.1, 0.15) is 18.9 Å². The monoisotopic (exact) mass is 243 g/mol. The first-order chi connectivity index (χ1) is 7.92. The number of hydrogen-bond donors (Lipinski definition) is 1. The molecule has 0 saturated heterocycles. The summed E-state index contributed by atoms with van der Waals surface area (Å²) in [6.07, 6.45) is 2.43. The summed E-state index contributed by atoms with van der Waals surface area (Å²) in [6, 6.07) is 0.555. The molecule has 16 heavy (non-hydrogen) atoms. The largest absolute Gasteiger partial charge is 0.383 e. The van der Waals surface area contributed by atoms with Gasteiger partial charge in [-0.15, -0.1) is 5.10 Å². The quantitative estimate of drug-likeness (QED) is 0.524. The van der Waals surface area contributed by atoms with Gasteiger partial charge in [-0.3, -0.25) is 0 Å². The van der Waals surface area contributed by atoms with Crippen LogP contribution in [0.4, 0.5) is 0 Å². The highest BCUT2D eigenvalue weighted by Gasteiger charge is 2.27. The molecule has 90 valence electrons.